The minimum Gasteiger partial charge on any atom is -0.493 e. The van der Waals surface area contributed by atoms with Crippen LogP contribution in [0.25, 0.3) is 11.6 Å². The van der Waals surface area contributed by atoms with Gasteiger partial charge in [0.2, 0.25) is 5.88 Å². The number of phosphoric ester groups is 1. The van der Waals surface area contributed by atoms with Crippen molar-refractivity contribution in [2.45, 2.75) is 6.04 Å². The number of hydrogen-bond acceptors (Lipinski definition) is 6. The molecule has 35 heavy (non-hydrogen) atoms. The van der Waals surface area contributed by atoms with Crippen molar-refractivity contribution in [1.82, 2.24) is 9.55 Å². The molecule has 0 fully saturated rings. The number of imidazole rings is 1. The van der Waals surface area contributed by atoms with E-state index in [4.69, 9.17) is 26.6 Å². The number of aliphatic imine (C=N–C) groups is 1. The van der Waals surface area contributed by atoms with E-state index in [0.29, 0.717) is 15.7 Å². The zero-order valence-electron chi connectivity index (χ0n) is 17.3. The fourth-order valence-corrected chi connectivity index (χ4v) is 4.03. The van der Waals surface area contributed by atoms with Gasteiger partial charge in [0, 0.05) is 17.4 Å². The molecule has 1 unspecified atom stereocenters. The van der Waals surface area contributed by atoms with Crippen LogP contribution in [0.3, 0.4) is 0 Å². The molecule has 3 aromatic rings. The van der Waals surface area contributed by atoms with E-state index in [1.54, 1.807) is 6.07 Å². The summed E-state index contributed by atoms with van der Waals surface area (Å²) in [5, 5.41) is 19.6. The number of nitrogens with one attached hydrogen (secondary N) is 1. The highest BCUT2D eigenvalue weighted by molar-refractivity contribution is 7.46. The van der Waals surface area contributed by atoms with Gasteiger partial charge < -0.3 is 19.9 Å². The first-order chi connectivity index (χ1) is 16.5. The largest absolute Gasteiger partial charge is 0.493 e. The summed E-state index contributed by atoms with van der Waals surface area (Å²) in [5.41, 5.74) is -0.736. The Morgan fingerprint density at radius 1 is 1.31 bits per heavy atom. The van der Waals surface area contributed by atoms with Crippen LogP contribution in [0.2, 0.25) is 5.02 Å². The van der Waals surface area contributed by atoms with E-state index >= 15 is 0 Å². The summed E-state index contributed by atoms with van der Waals surface area (Å²) in [6, 6.07) is 6.29. The molecule has 0 saturated carbocycles. The minimum absolute atomic E-state index is 0.0185. The molecule has 1 aliphatic heterocycles. The Morgan fingerprint density at radius 3 is 2.71 bits per heavy atom. The van der Waals surface area contributed by atoms with Crippen LogP contribution in [-0.2, 0) is 9.09 Å². The molecular weight excluding hydrogens is 509 g/mol. The van der Waals surface area contributed by atoms with Crippen molar-refractivity contribution < 1.29 is 32.8 Å². The van der Waals surface area contributed by atoms with E-state index in [2.05, 4.69) is 14.5 Å². The Bertz CT molecular complexity index is 1550. The summed E-state index contributed by atoms with van der Waals surface area (Å²) in [7, 11) is -5.01. The first-order valence-corrected chi connectivity index (χ1v) is 11.6. The Kier molecular flexibility index (Phi) is 6.46. The number of fused-ring (bicyclic) bond motifs is 1. The van der Waals surface area contributed by atoms with E-state index in [1.165, 1.54) is 30.5 Å². The summed E-state index contributed by atoms with van der Waals surface area (Å²) in [4.78, 5) is 37.3. The lowest BCUT2D eigenvalue weighted by molar-refractivity contribution is 0.175. The van der Waals surface area contributed by atoms with Crippen molar-refractivity contribution in [2.75, 3.05) is 6.61 Å². The van der Waals surface area contributed by atoms with Gasteiger partial charge in [0.05, 0.1) is 23.2 Å². The molecular formula is C21H14ClF2N4O6P. The number of phosphoric acid groups is 1. The SMILES string of the molecule is N#Cc1ccc(C(COP(=O)(O)O)n2c(O)c(/C=C3\C=Nc4c3ccc(Cl)c4F)[nH]c2=O)cc1F. The lowest BCUT2D eigenvalue weighted by atomic mass is 10.0. The molecule has 0 bridgehead atoms. The molecule has 2 aromatic carbocycles. The fourth-order valence-electron chi connectivity index (χ4n) is 3.54. The number of benzene rings is 2. The second-order valence-corrected chi connectivity index (χ2v) is 8.95. The number of halogens is 3. The van der Waals surface area contributed by atoms with Crippen molar-refractivity contribution in [3.05, 3.63) is 79.9 Å². The number of rotatable bonds is 6. The molecule has 2 heterocycles. The fraction of sp³-hybridized carbons (Fsp3) is 0.0952. The van der Waals surface area contributed by atoms with Crippen LogP contribution < -0.4 is 5.69 Å². The topological polar surface area (TPSA) is 161 Å². The number of aromatic hydroxyl groups is 1. The lowest BCUT2D eigenvalue weighted by Crippen LogP contribution is -2.26. The maximum atomic E-state index is 14.2. The average molecular weight is 523 g/mol. The molecule has 10 nitrogen and oxygen atoms in total. The highest BCUT2D eigenvalue weighted by atomic mass is 35.5. The summed E-state index contributed by atoms with van der Waals surface area (Å²) in [5.74, 6) is -2.37. The third-order valence-electron chi connectivity index (χ3n) is 5.15. The van der Waals surface area contributed by atoms with Crippen molar-refractivity contribution >= 4 is 43.0 Å². The average Bonchev–Trinajstić information content (AvgIpc) is 3.32. The van der Waals surface area contributed by atoms with Crippen molar-refractivity contribution in [2.24, 2.45) is 4.99 Å². The van der Waals surface area contributed by atoms with Gasteiger partial charge in [0.25, 0.3) is 0 Å². The second-order valence-electron chi connectivity index (χ2n) is 7.31. The molecule has 0 spiro atoms. The summed E-state index contributed by atoms with van der Waals surface area (Å²) < 4.78 is 45.0. The van der Waals surface area contributed by atoms with Crippen LogP contribution in [0, 0.1) is 23.0 Å². The number of aromatic nitrogens is 2. The number of nitriles is 1. The van der Waals surface area contributed by atoms with E-state index in [9.17, 15) is 23.2 Å². The van der Waals surface area contributed by atoms with Gasteiger partial charge in [-0.2, -0.15) is 5.26 Å². The van der Waals surface area contributed by atoms with Crippen LogP contribution in [-0.4, -0.2) is 37.3 Å². The van der Waals surface area contributed by atoms with Gasteiger partial charge in [-0.05, 0) is 29.8 Å². The van der Waals surface area contributed by atoms with E-state index in [-0.39, 0.29) is 27.5 Å². The number of H-pyrrole nitrogens is 1. The first-order valence-electron chi connectivity index (χ1n) is 9.67. The predicted octanol–water partition coefficient (Wildman–Crippen LogP) is 3.64. The Balaban J connectivity index is 1.80. The zero-order valence-corrected chi connectivity index (χ0v) is 19.0. The summed E-state index contributed by atoms with van der Waals surface area (Å²) in [6.07, 6.45) is 2.60. The maximum absolute atomic E-state index is 14.2. The maximum Gasteiger partial charge on any atom is 0.469 e. The zero-order chi connectivity index (χ0) is 25.5. The molecule has 0 aliphatic carbocycles. The van der Waals surface area contributed by atoms with Crippen molar-refractivity contribution in [3.63, 3.8) is 0 Å². The summed E-state index contributed by atoms with van der Waals surface area (Å²) >= 11 is 5.76. The van der Waals surface area contributed by atoms with E-state index in [0.717, 1.165) is 12.1 Å². The number of allylic oxidation sites excluding steroid dienone is 1. The van der Waals surface area contributed by atoms with Crippen LogP contribution in [0.5, 0.6) is 5.88 Å². The van der Waals surface area contributed by atoms with E-state index < -0.39 is 43.7 Å². The van der Waals surface area contributed by atoms with Gasteiger partial charge in [-0.3, -0.25) is 14.1 Å². The molecule has 1 atom stereocenters. The van der Waals surface area contributed by atoms with Gasteiger partial charge in [0.15, 0.2) is 5.82 Å². The minimum atomic E-state index is -5.01. The van der Waals surface area contributed by atoms with Crippen molar-refractivity contribution in [1.29, 1.82) is 5.26 Å². The number of aromatic amines is 1. The Hall–Kier alpha value is -3.59. The standard InChI is InChI=1S/C21H14ClF2N4O6P/c22-14-4-3-13-12(8-26-19(13)18(14)24)6-16-20(29)28(21(30)27-16)17(9-34-35(31,32)33)10-1-2-11(7-25)15(23)5-10/h1-6,8,17,29H,9H2,(H,27,30)(H2,31,32,33)/b12-6+. The molecule has 1 aromatic heterocycles. The van der Waals surface area contributed by atoms with E-state index in [1.807, 2.05) is 0 Å². The van der Waals surface area contributed by atoms with Crippen LogP contribution in [0.4, 0.5) is 14.5 Å². The van der Waals surface area contributed by atoms with Gasteiger partial charge in [0.1, 0.15) is 23.3 Å². The smallest absolute Gasteiger partial charge is 0.469 e. The highest BCUT2D eigenvalue weighted by Gasteiger charge is 2.27. The molecule has 0 amide bonds. The molecule has 4 N–H and O–H groups in total. The van der Waals surface area contributed by atoms with Gasteiger partial charge >= 0.3 is 13.5 Å². The summed E-state index contributed by atoms with van der Waals surface area (Å²) in [6.45, 7) is -0.828. The molecule has 0 saturated heterocycles. The monoisotopic (exact) mass is 522 g/mol. The molecule has 4 rings (SSSR count). The van der Waals surface area contributed by atoms with Gasteiger partial charge in [-0.25, -0.2) is 18.1 Å². The third-order valence-corrected chi connectivity index (χ3v) is 5.93. The Morgan fingerprint density at radius 2 is 2.06 bits per heavy atom. The van der Waals surface area contributed by atoms with Crippen LogP contribution in [0.15, 0.2) is 40.1 Å². The van der Waals surface area contributed by atoms with Crippen LogP contribution in [0.1, 0.15) is 28.4 Å². The van der Waals surface area contributed by atoms with Crippen molar-refractivity contribution in [3.8, 4) is 11.9 Å². The van der Waals surface area contributed by atoms with Gasteiger partial charge in [-0.15, -0.1) is 0 Å². The normalized spacial score (nSPS) is 14.8. The number of hydrogen-bond donors (Lipinski definition) is 4. The number of nitrogens with zero attached hydrogens (tertiary/aromatic N) is 3. The van der Waals surface area contributed by atoms with Gasteiger partial charge in [-0.1, -0.05) is 23.7 Å². The molecule has 14 heteroatoms. The molecule has 1 aliphatic rings. The quantitative estimate of drug-likeness (QED) is 0.359. The predicted molar refractivity (Wildman–Crippen MR) is 121 cm³/mol. The Labute approximate surface area is 200 Å². The highest BCUT2D eigenvalue weighted by Crippen LogP contribution is 2.40. The third kappa shape index (κ3) is 4.81. The molecule has 180 valence electrons. The second kappa shape index (κ2) is 9.22. The van der Waals surface area contributed by atoms with Crippen LogP contribution >= 0.6 is 19.4 Å². The first kappa shape index (κ1) is 24.5. The molecule has 0 radical (unpaired) electrons. The lowest BCUT2D eigenvalue weighted by Gasteiger charge is -2.19.